The molecule has 1 fully saturated rings. The van der Waals surface area contributed by atoms with Crippen LogP contribution >= 0.6 is 0 Å². The van der Waals surface area contributed by atoms with Crippen molar-refractivity contribution in [3.05, 3.63) is 0 Å². The molecule has 0 aromatic heterocycles. The van der Waals surface area contributed by atoms with Gasteiger partial charge in [0.15, 0.2) is 5.96 Å². The van der Waals surface area contributed by atoms with Crippen molar-refractivity contribution in [1.29, 1.82) is 0 Å². The van der Waals surface area contributed by atoms with Crippen molar-refractivity contribution in [3.63, 3.8) is 0 Å². The average molecular weight is 326 g/mol. The van der Waals surface area contributed by atoms with Crippen LogP contribution in [0.2, 0.25) is 0 Å². The second-order valence-electron chi connectivity index (χ2n) is 6.14. The lowest BCUT2D eigenvalue weighted by atomic mass is 10.1. The molecule has 0 spiro atoms. The highest BCUT2D eigenvalue weighted by molar-refractivity contribution is 5.93. The van der Waals surface area contributed by atoms with E-state index in [2.05, 4.69) is 16.9 Å². The first-order valence-corrected chi connectivity index (χ1v) is 9.20. The van der Waals surface area contributed by atoms with Crippen molar-refractivity contribution in [2.45, 2.75) is 64.7 Å². The largest absolute Gasteiger partial charge is 0.378 e. The molecule has 4 N–H and O–H groups in total. The average Bonchev–Trinajstić information content (AvgIpc) is 2.57. The molecule has 1 aliphatic heterocycles. The molecule has 0 atom stereocenters. The van der Waals surface area contributed by atoms with Gasteiger partial charge in [-0.3, -0.25) is 4.99 Å². The van der Waals surface area contributed by atoms with Gasteiger partial charge in [-0.2, -0.15) is 4.99 Å². The van der Waals surface area contributed by atoms with E-state index in [0.29, 0.717) is 19.2 Å². The van der Waals surface area contributed by atoms with Crippen LogP contribution in [0.5, 0.6) is 0 Å². The second-order valence-corrected chi connectivity index (χ2v) is 6.14. The minimum absolute atomic E-state index is 0.286. The molecule has 23 heavy (non-hydrogen) atoms. The molecule has 0 saturated carbocycles. The standard InChI is InChI=1S/C17H35N5O/c1-2-3-4-5-6-7-8-9-10-11-20-16(18)21-17(19)22-12-14-23-15-13-22/h2-15H2,1H3,(H4,18,19,20,21). The monoisotopic (exact) mass is 325 g/mol. The Labute approximate surface area is 141 Å². The number of hydrogen-bond acceptors (Lipinski definition) is 2. The van der Waals surface area contributed by atoms with Crippen LogP contribution in [0.1, 0.15) is 64.7 Å². The second kappa shape index (κ2) is 13.2. The van der Waals surface area contributed by atoms with Crippen LogP contribution in [0, 0.1) is 0 Å². The maximum absolute atomic E-state index is 5.93. The molecule has 0 aromatic rings. The van der Waals surface area contributed by atoms with Crippen molar-refractivity contribution < 1.29 is 4.74 Å². The quantitative estimate of drug-likeness (QED) is 0.367. The van der Waals surface area contributed by atoms with E-state index in [1.54, 1.807) is 0 Å². The number of rotatable bonds is 10. The van der Waals surface area contributed by atoms with Gasteiger partial charge >= 0.3 is 0 Å². The predicted molar refractivity (Wildman–Crippen MR) is 97.7 cm³/mol. The van der Waals surface area contributed by atoms with Gasteiger partial charge in [-0.25, -0.2) is 0 Å². The number of aliphatic imine (C=N–C) groups is 2. The van der Waals surface area contributed by atoms with E-state index < -0.39 is 0 Å². The number of unbranched alkanes of at least 4 members (excludes halogenated alkanes) is 8. The van der Waals surface area contributed by atoms with E-state index in [1.165, 1.54) is 51.4 Å². The van der Waals surface area contributed by atoms with Crippen molar-refractivity contribution >= 4 is 11.9 Å². The Hall–Kier alpha value is -1.30. The fourth-order valence-corrected chi connectivity index (χ4v) is 2.63. The van der Waals surface area contributed by atoms with Gasteiger partial charge in [0.05, 0.1) is 13.2 Å². The summed E-state index contributed by atoms with van der Waals surface area (Å²) in [6, 6.07) is 0. The maximum Gasteiger partial charge on any atom is 0.218 e. The lowest BCUT2D eigenvalue weighted by molar-refractivity contribution is 0.0676. The Morgan fingerprint density at radius 2 is 1.48 bits per heavy atom. The minimum Gasteiger partial charge on any atom is -0.378 e. The SMILES string of the molecule is CCCCCCCCCCCN=C(N)N=C(N)N1CCOCC1. The van der Waals surface area contributed by atoms with Crippen LogP contribution in [0.25, 0.3) is 0 Å². The normalized spacial score (nSPS) is 16.8. The maximum atomic E-state index is 5.93. The van der Waals surface area contributed by atoms with Crippen LogP contribution in [0.15, 0.2) is 9.98 Å². The van der Waals surface area contributed by atoms with E-state index in [4.69, 9.17) is 16.2 Å². The fraction of sp³-hybridized carbons (Fsp3) is 0.882. The first-order valence-electron chi connectivity index (χ1n) is 9.20. The highest BCUT2D eigenvalue weighted by Gasteiger charge is 2.12. The lowest BCUT2D eigenvalue weighted by Crippen LogP contribution is -2.45. The summed E-state index contributed by atoms with van der Waals surface area (Å²) in [5.41, 5.74) is 11.7. The van der Waals surface area contributed by atoms with Gasteiger partial charge in [0.1, 0.15) is 0 Å². The Balaban J connectivity index is 2.05. The van der Waals surface area contributed by atoms with Crippen molar-refractivity contribution in [2.75, 3.05) is 32.8 Å². The Morgan fingerprint density at radius 1 is 0.913 bits per heavy atom. The van der Waals surface area contributed by atoms with Crippen LogP contribution < -0.4 is 11.5 Å². The van der Waals surface area contributed by atoms with Gasteiger partial charge in [-0.15, -0.1) is 0 Å². The molecule has 1 aliphatic rings. The summed E-state index contributed by atoms with van der Waals surface area (Å²) in [6.07, 6.45) is 11.8. The smallest absolute Gasteiger partial charge is 0.218 e. The predicted octanol–water partition coefficient (Wildman–Crippen LogP) is 2.48. The Bertz CT molecular complexity index is 351. The molecular formula is C17H35N5O. The summed E-state index contributed by atoms with van der Waals surface area (Å²) in [6.45, 7) is 5.89. The van der Waals surface area contributed by atoms with Gasteiger partial charge in [0, 0.05) is 19.6 Å². The molecule has 6 nitrogen and oxygen atoms in total. The Kier molecular flexibility index (Phi) is 11.3. The highest BCUT2D eigenvalue weighted by Crippen LogP contribution is 2.09. The van der Waals surface area contributed by atoms with E-state index in [-0.39, 0.29) is 5.96 Å². The number of nitrogens with two attached hydrogens (primary N) is 2. The van der Waals surface area contributed by atoms with Crippen LogP contribution in [0.4, 0.5) is 0 Å². The summed E-state index contributed by atoms with van der Waals surface area (Å²) in [5.74, 6) is 0.732. The molecule has 0 unspecified atom stereocenters. The van der Waals surface area contributed by atoms with Gasteiger partial charge in [-0.1, -0.05) is 58.3 Å². The topological polar surface area (TPSA) is 89.2 Å². The number of nitrogens with zero attached hydrogens (tertiary/aromatic N) is 3. The molecule has 0 radical (unpaired) electrons. The lowest BCUT2D eigenvalue weighted by Gasteiger charge is -2.27. The first kappa shape index (κ1) is 19.7. The summed E-state index contributed by atoms with van der Waals surface area (Å²) in [7, 11) is 0. The number of hydrogen-bond donors (Lipinski definition) is 2. The molecule has 1 saturated heterocycles. The van der Waals surface area contributed by atoms with Crippen LogP contribution in [-0.2, 0) is 4.74 Å². The van der Waals surface area contributed by atoms with E-state index in [1.807, 2.05) is 4.90 Å². The number of ether oxygens (including phenoxy) is 1. The number of guanidine groups is 2. The molecule has 0 amide bonds. The van der Waals surface area contributed by atoms with Gasteiger partial charge < -0.3 is 21.1 Å². The zero-order valence-corrected chi connectivity index (χ0v) is 14.8. The van der Waals surface area contributed by atoms with E-state index in [9.17, 15) is 0 Å². The summed E-state index contributed by atoms with van der Waals surface area (Å²) in [4.78, 5) is 10.4. The third kappa shape index (κ3) is 10.2. The summed E-state index contributed by atoms with van der Waals surface area (Å²) in [5, 5.41) is 0. The fourth-order valence-electron chi connectivity index (χ4n) is 2.63. The third-order valence-corrected chi connectivity index (χ3v) is 4.10. The van der Waals surface area contributed by atoms with E-state index in [0.717, 1.165) is 26.1 Å². The van der Waals surface area contributed by atoms with Crippen molar-refractivity contribution in [1.82, 2.24) is 4.90 Å². The highest BCUT2D eigenvalue weighted by atomic mass is 16.5. The molecular weight excluding hydrogens is 290 g/mol. The third-order valence-electron chi connectivity index (χ3n) is 4.10. The molecule has 1 rings (SSSR count). The zero-order valence-electron chi connectivity index (χ0n) is 14.8. The summed E-state index contributed by atoms with van der Waals surface area (Å²) < 4.78 is 5.28. The molecule has 6 heteroatoms. The first-order chi connectivity index (χ1) is 11.2. The molecule has 0 bridgehead atoms. The van der Waals surface area contributed by atoms with E-state index >= 15 is 0 Å². The van der Waals surface area contributed by atoms with Crippen molar-refractivity contribution in [3.8, 4) is 0 Å². The minimum atomic E-state index is 0.286. The Morgan fingerprint density at radius 3 is 2.09 bits per heavy atom. The van der Waals surface area contributed by atoms with Crippen LogP contribution in [0.3, 0.4) is 0 Å². The molecule has 0 aromatic carbocycles. The van der Waals surface area contributed by atoms with Gasteiger partial charge in [0.25, 0.3) is 0 Å². The van der Waals surface area contributed by atoms with Crippen LogP contribution in [-0.4, -0.2) is 49.7 Å². The van der Waals surface area contributed by atoms with Gasteiger partial charge in [-0.05, 0) is 6.42 Å². The van der Waals surface area contributed by atoms with Gasteiger partial charge in [0.2, 0.25) is 5.96 Å². The molecule has 0 aliphatic carbocycles. The molecule has 134 valence electrons. The summed E-state index contributed by atoms with van der Waals surface area (Å²) >= 11 is 0. The van der Waals surface area contributed by atoms with Crippen molar-refractivity contribution in [2.24, 2.45) is 21.5 Å². The number of morpholine rings is 1. The zero-order chi connectivity index (χ0) is 16.8. The molecule has 1 heterocycles.